The van der Waals surface area contributed by atoms with Crippen LogP contribution < -0.4 is 9.47 Å². The molecule has 1 heterocycles. The fraction of sp³-hybridized carbons (Fsp3) is 0.375. The maximum Gasteiger partial charge on any atom is 0.161 e. The van der Waals surface area contributed by atoms with E-state index in [1.54, 1.807) is 31.5 Å². The lowest BCUT2D eigenvalue weighted by Crippen LogP contribution is -2.15. The molecule has 0 spiro atoms. The Morgan fingerprint density at radius 2 is 1.67 bits per heavy atom. The zero-order valence-corrected chi connectivity index (χ0v) is 18.0. The van der Waals surface area contributed by atoms with Gasteiger partial charge in [0.1, 0.15) is 11.4 Å². The van der Waals surface area contributed by atoms with E-state index in [1.165, 1.54) is 19.3 Å². The number of phenolic OH excluding ortho intramolecular Hbond substituents is 1. The Morgan fingerprint density at radius 3 is 2.30 bits per heavy atom. The molecule has 0 amide bonds. The number of phenols is 1. The van der Waals surface area contributed by atoms with Crippen molar-refractivity contribution in [3.8, 4) is 28.5 Å². The van der Waals surface area contributed by atoms with E-state index >= 15 is 0 Å². The number of unbranched alkanes of at least 4 members (excludes halogenated alkanes) is 2. The highest BCUT2D eigenvalue weighted by atomic mass is 16.5. The van der Waals surface area contributed by atoms with Crippen molar-refractivity contribution in [3.63, 3.8) is 0 Å². The summed E-state index contributed by atoms with van der Waals surface area (Å²) in [5, 5.41) is 20.7. The Hall–Kier alpha value is -3.15. The Labute approximate surface area is 178 Å². The highest BCUT2D eigenvalue weighted by molar-refractivity contribution is 5.66. The summed E-state index contributed by atoms with van der Waals surface area (Å²) < 4.78 is 11.0. The summed E-state index contributed by atoms with van der Waals surface area (Å²) in [6.07, 6.45) is 7.56. The Bertz CT molecular complexity index is 859. The maximum atomic E-state index is 9.60. The lowest BCUT2D eigenvalue weighted by Gasteiger charge is -2.18. The van der Waals surface area contributed by atoms with E-state index in [2.05, 4.69) is 29.3 Å². The molecule has 6 nitrogen and oxygen atoms in total. The predicted molar refractivity (Wildman–Crippen MR) is 119 cm³/mol. The molecule has 0 radical (unpaired) electrons. The molecule has 0 aliphatic carbocycles. The van der Waals surface area contributed by atoms with Gasteiger partial charge in [0.2, 0.25) is 0 Å². The van der Waals surface area contributed by atoms with Crippen LogP contribution in [0.15, 0.2) is 60.8 Å². The maximum absolute atomic E-state index is 9.60. The highest BCUT2D eigenvalue weighted by Crippen LogP contribution is 2.27. The summed E-state index contributed by atoms with van der Waals surface area (Å²) in [6.45, 7) is 4.32. The minimum Gasteiger partial charge on any atom is -0.504 e. The fourth-order valence-electron chi connectivity index (χ4n) is 2.95. The molecule has 0 saturated heterocycles. The van der Waals surface area contributed by atoms with Gasteiger partial charge in [0.05, 0.1) is 19.4 Å². The van der Waals surface area contributed by atoms with Gasteiger partial charge in [-0.15, -0.1) is 10.2 Å². The molecular formula is C24H31N3O3. The standard InChI is InChI=1S/C14H22O2.C10H9N3O/c1-3-5-6-9-12(4-2)16-14-11-8-7-10-13(14)15;1-14-10-5-3-2-4-8(10)9-6-7-11-13-12-9/h7-8,10-12,15H,3-6,9H2,1-2H3;2-7H,1H3. The van der Waals surface area contributed by atoms with Crippen molar-refractivity contribution < 1.29 is 14.6 Å². The van der Waals surface area contributed by atoms with Gasteiger partial charge >= 0.3 is 0 Å². The number of rotatable bonds is 9. The van der Waals surface area contributed by atoms with Gasteiger partial charge in [-0.2, -0.15) is 0 Å². The second kappa shape index (κ2) is 13.1. The fourth-order valence-corrected chi connectivity index (χ4v) is 2.95. The lowest BCUT2D eigenvalue weighted by atomic mass is 10.1. The second-order valence-corrected chi connectivity index (χ2v) is 6.82. The Morgan fingerprint density at radius 1 is 0.933 bits per heavy atom. The van der Waals surface area contributed by atoms with Crippen LogP contribution in [0.5, 0.6) is 17.2 Å². The number of ether oxygens (including phenoxy) is 2. The zero-order chi connectivity index (χ0) is 21.6. The van der Waals surface area contributed by atoms with Gasteiger partial charge in [-0.1, -0.05) is 51.0 Å². The van der Waals surface area contributed by atoms with Gasteiger partial charge in [-0.25, -0.2) is 0 Å². The second-order valence-electron chi connectivity index (χ2n) is 6.82. The van der Waals surface area contributed by atoms with Crippen LogP contribution in [0, 0.1) is 0 Å². The molecule has 160 valence electrons. The molecule has 0 saturated carbocycles. The minimum atomic E-state index is 0.222. The van der Waals surface area contributed by atoms with Gasteiger partial charge in [-0.3, -0.25) is 0 Å². The molecule has 0 aliphatic heterocycles. The summed E-state index contributed by atoms with van der Waals surface area (Å²) in [4.78, 5) is 0. The summed E-state index contributed by atoms with van der Waals surface area (Å²) in [7, 11) is 1.63. The quantitative estimate of drug-likeness (QED) is 0.458. The van der Waals surface area contributed by atoms with E-state index < -0.39 is 0 Å². The first kappa shape index (κ1) is 23.1. The van der Waals surface area contributed by atoms with Crippen LogP contribution >= 0.6 is 0 Å². The largest absolute Gasteiger partial charge is 0.504 e. The van der Waals surface area contributed by atoms with Gasteiger partial charge < -0.3 is 14.6 Å². The van der Waals surface area contributed by atoms with Crippen molar-refractivity contribution in [2.45, 2.75) is 52.1 Å². The average Bonchev–Trinajstić information content (AvgIpc) is 2.81. The average molecular weight is 410 g/mol. The third-order valence-corrected chi connectivity index (χ3v) is 4.63. The van der Waals surface area contributed by atoms with Crippen molar-refractivity contribution in [2.75, 3.05) is 7.11 Å². The SMILES string of the molecule is CCCCCC(CC)Oc1ccccc1O.COc1ccccc1-c1ccnnn1. The van der Waals surface area contributed by atoms with Crippen molar-refractivity contribution in [1.29, 1.82) is 0 Å². The molecule has 30 heavy (non-hydrogen) atoms. The van der Waals surface area contributed by atoms with Crippen LogP contribution in [0.4, 0.5) is 0 Å². The van der Waals surface area contributed by atoms with Crippen LogP contribution in [-0.4, -0.2) is 33.7 Å². The summed E-state index contributed by atoms with van der Waals surface area (Å²) in [5.74, 6) is 1.62. The number of nitrogens with zero attached hydrogens (tertiary/aromatic N) is 3. The molecule has 1 N–H and O–H groups in total. The highest BCUT2D eigenvalue weighted by Gasteiger charge is 2.10. The van der Waals surface area contributed by atoms with E-state index in [4.69, 9.17) is 9.47 Å². The summed E-state index contributed by atoms with van der Waals surface area (Å²) in [6, 6.07) is 16.6. The minimum absolute atomic E-state index is 0.222. The van der Waals surface area contributed by atoms with E-state index in [0.29, 0.717) is 5.75 Å². The summed E-state index contributed by atoms with van der Waals surface area (Å²) in [5.41, 5.74) is 1.68. The summed E-state index contributed by atoms with van der Waals surface area (Å²) >= 11 is 0. The van der Waals surface area contributed by atoms with Gasteiger partial charge in [0, 0.05) is 5.56 Å². The van der Waals surface area contributed by atoms with Crippen LogP contribution in [0.1, 0.15) is 46.0 Å². The molecule has 0 bridgehead atoms. The number of aromatic nitrogens is 3. The lowest BCUT2D eigenvalue weighted by molar-refractivity contribution is 0.176. The van der Waals surface area contributed by atoms with E-state index in [9.17, 15) is 5.11 Å². The first-order valence-corrected chi connectivity index (χ1v) is 10.4. The molecule has 6 heteroatoms. The third kappa shape index (κ3) is 7.35. The number of hydrogen-bond acceptors (Lipinski definition) is 6. The Balaban J connectivity index is 0.000000215. The van der Waals surface area contributed by atoms with Gasteiger partial charge in [0.15, 0.2) is 11.5 Å². The first-order valence-electron chi connectivity index (χ1n) is 10.4. The number of benzene rings is 2. The van der Waals surface area contributed by atoms with E-state index in [-0.39, 0.29) is 11.9 Å². The monoisotopic (exact) mass is 409 g/mol. The topological polar surface area (TPSA) is 77.4 Å². The predicted octanol–water partition coefficient (Wildman–Crippen LogP) is 5.68. The van der Waals surface area contributed by atoms with Crippen LogP contribution in [0.3, 0.4) is 0 Å². The molecule has 0 aliphatic rings. The molecule has 0 fully saturated rings. The van der Waals surface area contributed by atoms with E-state index in [0.717, 1.165) is 29.8 Å². The first-order chi connectivity index (χ1) is 14.7. The molecule has 2 aromatic carbocycles. The van der Waals surface area contributed by atoms with Crippen LogP contribution in [0.25, 0.3) is 11.3 Å². The third-order valence-electron chi connectivity index (χ3n) is 4.63. The normalized spacial score (nSPS) is 11.2. The number of hydrogen-bond donors (Lipinski definition) is 1. The number of para-hydroxylation sites is 3. The van der Waals surface area contributed by atoms with Crippen molar-refractivity contribution in [3.05, 3.63) is 60.8 Å². The molecular weight excluding hydrogens is 378 g/mol. The van der Waals surface area contributed by atoms with Crippen molar-refractivity contribution >= 4 is 0 Å². The molecule has 3 aromatic rings. The molecule has 3 rings (SSSR count). The Kier molecular flexibility index (Phi) is 10.1. The smallest absolute Gasteiger partial charge is 0.161 e. The van der Waals surface area contributed by atoms with Crippen LogP contribution in [-0.2, 0) is 0 Å². The van der Waals surface area contributed by atoms with Gasteiger partial charge in [0.25, 0.3) is 0 Å². The van der Waals surface area contributed by atoms with Crippen LogP contribution in [0.2, 0.25) is 0 Å². The zero-order valence-electron chi connectivity index (χ0n) is 18.0. The van der Waals surface area contributed by atoms with E-state index in [1.807, 2.05) is 36.4 Å². The molecule has 1 unspecified atom stereocenters. The number of aromatic hydroxyl groups is 1. The molecule has 1 aromatic heterocycles. The number of methoxy groups -OCH3 is 1. The van der Waals surface area contributed by atoms with Crippen molar-refractivity contribution in [2.24, 2.45) is 0 Å². The molecule has 1 atom stereocenters. The van der Waals surface area contributed by atoms with Crippen molar-refractivity contribution in [1.82, 2.24) is 15.4 Å². The van der Waals surface area contributed by atoms with Gasteiger partial charge in [-0.05, 0) is 54.8 Å².